The van der Waals surface area contributed by atoms with Crippen LogP contribution in [0, 0.1) is 0 Å². The first-order valence-corrected chi connectivity index (χ1v) is 9.99. The number of fused-ring (bicyclic) bond motifs is 1. The van der Waals surface area contributed by atoms with Crippen molar-refractivity contribution >= 4 is 40.7 Å². The van der Waals surface area contributed by atoms with E-state index in [-0.39, 0.29) is 17.9 Å². The van der Waals surface area contributed by atoms with E-state index in [1.54, 1.807) is 24.3 Å². The molecule has 0 saturated heterocycles. The lowest BCUT2D eigenvalue weighted by molar-refractivity contribution is 0.0657. The molecule has 4 nitrogen and oxygen atoms in total. The zero-order valence-corrected chi connectivity index (χ0v) is 16.3. The van der Waals surface area contributed by atoms with Crippen molar-refractivity contribution in [2.45, 2.75) is 44.7 Å². The fraction of sp³-hybridized carbons (Fsp3) is 0.333. The molecule has 1 aliphatic carbocycles. The SMILES string of the molecule is O=C(Nc1cc(Cl)cc(Cl)c1)c1cccc2c1C(=O)N(C1CCCCC1)C2. The van der Waals surface area contributed by atoms with Gasteiger partial charge < -0.3 is 10.2 Å². The number of hydrogen-bond donors (Lipinski definition) is 1. The Morgan fingerprint density at radius 1 is 1.04 bits per heavy atom. The minimum absolute atomic E-state index is 0.0354. The van der Waals surface area contributed by atoms with E-state index in [9.17, 15) is 9.59 Å². The van der Waals surface area contributed by atoms with Crippen molar-refractivity contribution in [2.75, 3.05) is 5.32 Å². The fourth-order valence-corrected chi connectivity index (χ4v) is 4.61. The number of rotatable bonds is 3. The highest BCUT2D eigenvalue weighted by Crippen LogP contribution is 2.33. The Kier molecular flexibility index (Phi) is 5.11. The van der Waals surface area contributed by atoms with Crippen LogP contribution in [0.2, 0.25) is 10.0 Å². The first kappa shape index (κ1) is 18.3. The van der Waals surface area contributed by atoms with Gasteiger partial charge >= 0.3 is 0 Å². The Hall–Kier alpha value is -2.04. The molecule has 1 N–H and O–H groups in total. The molecule has 140 valence electrons. The maximum absolute atomic E-state index is 13.1. The van der Waals surface area contributed by atoms with Gasteiger partial charge in [0, 0.05) is 28.3 Å². The van der Waals surface area contributed by atoms with Gasteiger partial charge in [-0.2, -0.15) is 0 Å². The largest absolute Gasteiger partial charge is 0.331 e. The van der Waals surface area contributed by atoms with Crippen LogP contribution in [0.4, 0.5) is 5.69 Å². The third kappa shape index (κ3) is 3.69. The molecule has 4 rings (SSSR count). The number of nitrogens with zero attached hydrogens (tertiary/aromatic N) is 1. The van der Waals surface area contributed by atoms with Crippen LogP contribution >= 0.6 is 23.2 Å². The lowest BCUT2D eigenvalue weighted by atomic mass is 9.94. The zero-order chi connectivity index (χ0) is 19.0. The van der Waals surface area contributed by atoms with Crippen molar-refractivity contribution in [1.82, 2.24) is 4.90 Å². The number of hydrogen-bond acceptors (Lipinski definition) is 2. The van der Waals surface area contributed by atoms with Gasteiger partial charge in [-0.05, 0) is 42.7 Å². The van der Waals surface area contributed by atoms with Gasteiger partial charge in [-0.25, -0.2) is 0 Å². The summed E-state index contributed by atoms with van der Waals surface area (Å²) >= 11 is 12.0. The second-order valence-corrected chi connectivity index (χ2v) is 8.05. The molecule has 0 bridgehead atoms. The molecule has 1 saturated carbocycles. The molecule has 0 spiro atoms. The van der Waals surface area contributed by atoms with Crippen molar-refractivity contribution in [3.63, 3.8) is 0 Å². The van der Waals surface area contributed by atoms with E-state index >= 15 is 0 Å². The number of benzene rings is 2. The first-order chi connectivity index (χ1) is 13.0. The second kappa shape index (κ2) is 7.53. The molecule has 1 fully saturated rings. The highest BCUT2D eigenvalue weighted by Gasteiger charge is 2.36. The Morgan fingerprint density at radius 2 is 1.74 bits per heavy atom. The second-order valence-electron chi connectivity index (χ2n) is 7.18. The number of halogens is 2. The number of carbonyl (C=O) groups is 2. The van der Waals surface area contributed by atoms with Crippen LogP contribution in [-0.2, 0) is 6.54 Å². The van der Waals surface area contributed by atoms with Crippen molar-refractivity contribution < 1.29 is 9.59 Å². The Labute approximate surface area is 168 Å². The van der Waals surface area contributed by atoms with Crippen molar-refractivity contribution in [2.24, 2.45) is 0 Å². The maximum Gasteiger partial charge on any atom is 0.256 e. The van der Waals surface area contributed by atoms with Gasteiger partial charge in [0.25, 0.3) is 11.8 Å². The van der Waals surface area contributed by atoms with Gasteiger partial charge in [-0.15, -0.1) is 0 Å². The number of nitrogens with one attached hydrogen (secondary N) is 1. The molecular formula is C21H20Cl2N2O2. The van der Waals surface area contributed by atoms with E-state index in [0.29, 0.717) is 33.4 Å². The Balaban J connectivity index is 1.60. The molecule has 0 unspecified atom stereocenters. The molecular weight excluding hydrogens is 383 g/mol. The topological polar surface area (TPSA) is 49.4 Å². The monoisotopic (exact) mass is 402 g/mol. The lowest BCUT2D eigenvalue weighted by Gasteiger charge is -2.30. The van der Waals surface area contributed by atoms with Gasteiger partial charge in [0.15, 0.2) is 0 Å². The molecule has 2 amide bonds. The minimum Gasteiger partial charge on any atom is -0.331 e. The molecule has 27 heavy (non-hydrogen) atoms. The van der Waals surface area contributed by atoms with Crippen molar-refractivity contribution in [3.05, 3.63) is 63.1 Å². The first-order valence-electron chi connectivity index (χ1n) is 9.23. The van der Waals surface area contributed by atoms with Crippen LogP contribution in [-0.4, -0.2) is 22.8 Å². The zero-order valence-electron chi connectivity index (χ0n) is 14.8. The highest BCUT2D eigenvalue weighted by molar-refractivity contribution is 6.35. The summed E-state index contributed by atoms with van der Waals surface area (Å²) in [5.41, 5.74) is 2.34. The third-order valence-corrected chi connectivity index (χ3v) is 5.78. The van der Waals surface area contributed by atoms with Gasteiger partial charge in [-0.3, -0.25) is 9.59 Å². The predicted octanol–water partition coefficient (Wildman–Crippen LogP) is 5.53. The van der Waals surface area contributed by atoms with Gasteiger partial charge in [0.05, 0.1) is 11.1 Å². The lowest BCUT2D eigenvalue weighted by Crippen LogP contribution is -2.37. The van der Waals surface area contributed by atoms with E-state index in [1.807, 2.05) is 17.0 Å². The fourth-order valence-electron chi connectivity index (χ4n) is 4.08. The predicted molar refractivity (Wildman–Crippen MR) is 108 cm³/mol. The Morgan fingerprint density at radius 3 is 2.44 bits per heavy atom. The van der Waals surface area contributed by atoms with Crippen LogP contribution in [0.5, 0.6) is 0 Å². The average molecular weight is 403 g/mol. The van der Waals surface area contributed by atoms with E-state index in [1.165, 1.54) is 6.42 Å². The molecule has 2 aromatic rings. The summed E-state index contributed by atoms with van der Waals surface area (Å²) in [6.45, 7) is 0.586. The van der Waals surface area contributed by atoms with Crippen LogP contribution < -0.4 is 5.32 Å². The van der Waals surface area contributed by atoms with Crippen LogP contribution in [0.25, 0.3) is 0 Å². The summed E-state index contributed by atoms with van der Waals surface area (Å²) in [4.78, 5) is 27.9. The quantitative estimate of drug-likeness (QED) is 0.732. The van der Waals surface area contributed by atoms with Gasteiger partial charge in [0.2, 0.25) is 0 Å². The van der Waals surface area contributed by atoms with E-state index < -0.39 is 0 Å². The van der Waals surface area contributed by atoms with Crippen LogP contribution in [0.1, 0.15) is 58.4 Å². The number of anilines is 1. The molecule has 2 aliphatic rings. The van der Waals surface area contributed by atoms with Crippen molar-refractivity contribution in [3.8, 4) is 0 Å². The van der Waals surface area contributed by atoms with E-state index in [2.05, 4.69) is 5.32 Å². The minimum atomic E-state index is -0.330. The third-order valence-electron chi connectivity index (χ3n) is 5.35. The van der Waals surface area contributed by atoms with Gasteiger partial charge in [0.1, 0.15) is 0 Å². The molecule has 0 radical (unpaired) electrons. The number of amides is 2. The average Bonchev–Trinajstić information content (AvgIpc) is 2.98. The smallest absolute Gasteiger partial charge is 0.256 e. The summed E-state index contributed by atoms with van der Waals surface area (Å²) in [5.74, 6) is -0.365. The van der Waals surface area contributed by atoms with Crippen LogP contribution in [0.3, 0.4) is 0 Å². The van der Waals surface area contributed by atoms with Crippen molar-refractivity contribution in [1.29, 1.82) is 0 Å². The molecule has 0 atom stereocenters. The molecule has 0 aromatic heterocycles. The Bertz CT molecular complexity index is 887. The summed E-state index contributed by atoms with van der Waals surface area (Å²) in [6, 6.07) is 10.6. The molecule has 1 aliphatic heterocycles. The molecule has 6 heteroatoms. The molecule has 1 heterocycles. The summed E-state index contributed by atoms with van der Waals surface area (Å²) in [6.07, 6.45) is 5.65. The summed E-state index contributed by atoms with van der Waals surface area (Å²) in [5, 5.41) is 3.69. The summed E-state index contributed by atoms with van der Waals surface area (Å²) in [7, 11) is 0. The normalized spacial score (nSPS) is 17.1. The highest BCUT2D eigenvalue weighted by atomic mass is 35.5. The van der Waals surface area contributed by atoms with E-state index in [4.69, 9.17) is 23.2 Å². The maximum atomic E-state index is 13.1. The van der Waals surface area contributed by atoms with Gasteiger partial charge in [-0.1, -0.05) is 54.6 Å². The standard InChI is InChI=1S/C21H20Cl2N2O2/c22-14-9-15(23)11-16(10-14)24-20(26)18-8-4-5-13-12-25(21(27)19(13)18)17-6-2-1-3-7-17/h4-5,8-11,17H,1-3,6-7,12H2,(H,24,26). The van der Waals surface area contributed by atoms with E-state index in [0.717, 1.165) is 31.2 Å². The number of carbonyl (C=O) groups excluding carboxylic acids is 2. The van der Waals surface area contributed by atoms with Crippen LogP contribution in [0.15, 0.2) is 36.4 Å². The summed E-state index contributed by atoms with van der Waals surface area (Å²) < 4.78 is 0. The molecule has 2 aromatic carbocycles.